The fraction of sp³-hybridized carbons (Fsp3) is 0.0625. The zero-order chi connectivity index (χ0) is 15.0. The van der Waals surface area contributed by atoms with Crippen molar-refractivity contribution in [1.82, 2.24) is 4.98 Å². The normalized spacial score (nSPS) is 10.8. The Morgan fingerprint density at radius 2 is 1.76 bits per heavy atom. The summed E-state index contributed by atoms with van der Waals surface area (Å²) in [4.78, 5) is 4.21. The third kappa shape index (κ3) is 2.50. The van der Waals surface area contributed by atoms with Crippen molar-refractivity contribution in [2.24, 2.45) is 0 Å². The Labute approximate surface area is 120 Å². The largest absolute Gasteiger partial charge is 0.398 e. The van der Waals surface area contributed by atoms with Crippen molar-refractivity contribution < 1.29 is 8.78 Å². The van der Waals surface area contributed by atoms with Gasteiger partial charge in [-0.2, -0.15) is 0 Å². The van der Waals surface area contributed by atoms with Crippen molar-refractivity contribution in [1.29, 1.82) is 0 Å². The quantitative estimate of drug-likeness (QED) is 0.695. The van der Waals surface area contributed by atoms with Gasteiger partial charge in [0.2, 0.25) is 0 Å². The van der Waals surface area contributed by atoms with E-state index < -0.39 is 11.6 Å². The molecule has 5 heteroatoms. The molecule has 0 spiro atoms. The highest BCUT2D eigenvalue weighted by Crippen LogP contribution is 2.31. The zero-order valence-corrected chi connectivity index (χ0v) is 11.3. The molecule has 0 aliphatic carbocycles. The molecule has 0 bridgehead atoms. The van der Waals surface area contributed by atoms with Gasteiger partial charge >= 0.3 is 0 Å². The molecule has 3 rings (SSSR count). The highest BCUT2D eigenvalue weighted by atomic mass is 19.1. The summed E-state index contributed by atoms with van der Waals surface area (Å²) in [5, 5.41) is 4.60. The molecule has 0 fully saturated rings. The average Bonchev–Trinajstić information content (AvgIpc) is 2.44. The Bertz CT molecular complexity index is 831. The molecule has 0 atom stereocenters. The predicted octanol–water partition coefficient (Wildman–Crippen LogP) is 4.15. The molecule has 0 saturated heterocycles. The Morgan fingerprint density at radius 1 is 1.00 bits per heavy atom. The first-order valence-corrected chi connectivity index (χ1v) is 6.41. The van der Waals surface area contributed by atoms with Crippen LogP contribution in [0.25, 0.3) is 10.8 Å². The number of aromatic nitrogens is 1. The monoisotopic (exact) mass is 285 g/mol. The van der Waals surface area contributed by atoms with E-state index in [0.717, 1.165) is 22.5 Å². The number of rotatable bonds is 2. The highest BCUT2D eigenvalue weighted by molar-refractivity contribution is 6.01. The lowest BCUT2D eigenvalue weighted by atomic mass is 10.1. The molecule has 0 aliphatic rings. The van der Waals surface area contributed by atoms with Gasteiger partial charge in [0.25, 0.3) is 0 Å². The fourth-order valence-electron chi connectivity index (χ4n) is 2.21. The predicted molar refractivity (Wildman–Crippen MR) is 80.5 cm³/mol. The van der Waals surface area contributed by atoms with Gasteiger partial charge in [-0.3, -0.25) is 4.98 Å². The number of nitrogens with one attached hydrogen (secondary N) is 1. The van der Waals surface area contributed by atoms with Crippen LogP contribution in [-0.4, -0.2) is 4.98 Å². The standard InChI is InChI=1S/C16H13F2N3/c1-9-6-11-12(8-20-9)14(19)3-5-15(11)21-16-4-2-10(17)7-13(16)18/h2-8,21H,19H2,1H3. The fourth-order valence-corrected chi connectivity index (χ4v) is 2.21. The first-order chi connectivity index (χ1) is 10.0. The molecule has 21 heavy (non-hydrogen) atoms. The van der Waals surface area contributed by atoms with Gasteiger partial charge in [-0.25, -0.2) is 8.78 Å². The third-order valence-corrected chi connectivity index (χ3v) is 3.27. The lowest BCUT2D eigenvalue weighted by Gasteiger charge is -2.12. The van der Waals surface area contributed by atoms with E-state index in [1.165, 1.54) is 12.1 Å². The van der Waals surface area contributed by atoms with Crippen molar-refractivity contribution >= 4 is 27.8 Å². The van der Waals surface area contributed by atoms with E-state index in [1.807, 2.05) is 13.0 Å². The molecule has 106 valence electrons. The maximum Gasteiger partial charge on any atom is 0.149 e. The summed E-state index contributed by atoms with van der Waals surface area (Å²) in [6.07, 6.45) is 1.69. The number of nitrogens with zero attached hydrogens (tertiary/aromatic N) is 1. The van der Waals surface area contributed by atoms with Gasteiger partial charge in [0, 0.05) is 40.1 Å². The molecular formula is C16H13F2N3. The van der Waals surface area contributed by atoms with E-state index in [2.05, 4.69) is 10.3 Å². The Balaban J connectivity index is 2.12. The Kier molecular flexibility index (Phi) is 3.17. The number of anilines is 3. The number of benzene rings is 2. The van der Waals surface area contributed by atoms with Crippen LogP contribution in [0.5, 0.6) is 0 Å². The number of nitrogen functional groups attached to an aromatic ring is 1. The van der Waals surface area contributed by atoms with E-state index in [0.29, 0.717) is 11.4 Å². The van der Waals surface area contributed by atoms with Crippen LogP contribution >= 0.6 is 0 Å². The number of pyridine rings is 1. The van der Waals surface area contributed by atoms with Gasteiger partial charge in [-0.1, -0.05) is 0 Å². The van der Waals surface area contributed by atoms with E-state index in [4.69, 9.17) is 5.73 Å². The lowest BCUT2D eigenvalue weighted by molar-refractivity contribution is 0.586. The maximum absolute atomic E-state index is 13.8. The summed E-state index contributed by atoms with van der Waals surface area (Å²) in [5.41, 5.74) is 8.25. The molecule has 2 aromatic carbocycles. The van der Waals surface area contributed by atoms with E-state index in [1.54, 1.807) is 18.3 Å². The number of fused-ring (bicyclic) bond motifs is 1. The molecule has 1 heterocycles. The van der Waals surface area contributed by atoms with Crippen molar-refractivity contribution in [2.75, 3.05) is 11.1 Å². The second-order valence-electron chi connectivity index (χ2n) is 4.82. The first kappa shape index (κ1) is 13.3. The molecule has 3 N–H and O–H groups in total. The number of hydrogen-bond acceptors (Lipinski definition) is 3. The molecule has 3 nitrogen and oxygen atoms in total. The minimum absolute atomic E-state index is 0.205. The molecular weight excluding hydrogens is 272 g/mol. The maximum atomic E-state index is 13.8. The number of halogens is 2. The highest BCUT2D eigenvalue weighted by Gasteiger charge is 2.08. The van der Waals surface area contributed by atoms with Crippen LogP contribution in [-0.2, 0) is 0 Å². The second-order valence-corrected chi connectivity index (χ2v) is 4.82. The van der Waals surface area contributed by atoms with Gasteiger partial charge in [0.15, 0.2) is 0 Å². The van der Waals surface area contributed by atoms with Crippen LogP contribution in [0.1, 0.15) is 5.69 Å². The summed E-state index contributed by atoms with van der Waals surface area (Å²) >= 11 is 0. The third-order valence-electron chi connectivity index (χ3n) is 3.27. The Morgan fingerprint density at radius 3 is 2.52 bits per heavy atom. The number of nitrogens with two attached hydrogens (primary N) is 1. The molecule has 0 amide bonds. The summed E-state index contributed by atoms with van der Waals surface area (Å²) < 4.78 is 26.7. The minimum Gasteiger partial charge on any atom is -0.398 e. The summed E-state index contributed by atoms with van der Waals surface area (Å²) in [6.45, 7) is 1.87. The molecule has 0 saturated carbocycles. The van der Waals surface area contributed by atoms with Crippen LogP contribution in [0, 0.1) is 18.6 Å². The summed E-state index contributed by atoms with van der Waals surface area (Å²) in [6, 6.07) is 8.77. The Hall–Kier alpha value is -2.69. The van der Waals surface area contributed by atoms with Crippen LogP contribution in [0.3, 0.4) is 0 Å². The average molecular weight is 285 g/mol. The van der Waals surface area contributed by atoms with Crippen molar-refractivity contribution in [3.63, 3.8) is 0 Å². The molecule has 1 aromatic heterocycles. The van der Waals surface area contributed by atoms with Crippen LogP contribution in [0.2, 0.25) is 0 Å². The van der Waals surface area contributed by atoms with Gasteiger partial charge in [0.05, 0.1) is 5.69 Å². The van der Waals surface area contributed by atoms with E-state index in [9.17, 15) is 8.78 Å². The van der Waals surface area contributed by atoms with Crippen molar-refractivity contribution in [2.45, 2.75) is 6.92 Å². The summed E-state index contributed by atoms with van der Waals surface area (Å²) in [7, 11) is 0. The van der Waals surface area contributed by atoms with Gasteiger partial charge in [-0.05, 0) is 37.3 Å². The van der Waals surface area contributed by atoms with Gasteiger partial charge < -0.3 is 11.1 Å². The smallest absolute Gasteiger partial charge is 0.149 e. The SMILES string of the molecule is Cc1cc2c(Nc3ccc(F)cc3F)ccc(N)c2cn1. The van der Waals surface area contributed by atoms with Crippen LogP contribution in [0.4, 0.5) is 25.8 Å². The molecule has 0 radical (unpaired) electrons. The van der Waals surface area contributed by atoms with Crippen LogP contribution in [0.15, 0.2) is 42.6 Å². The van der Waals surface area contributed by atoms with Gasteiger partial charge in [0.1, 0.15) is 11.6 Å². The molecule has 0 unspecified atom stereocenters. The van der Waals surface area contributed by atoms with Gasteiger partial charge in [-0.15, -0.1) is 0 Å². The van der Waals surface area contributed by atoms with E-state index in [-0.39, 0.29) is 5.69 Å². The van der Waals surface area contributed by atoms with E-state index >= 15 is 0 Å². The second kappa shape index (κ2) is 5.01. The minimum atomic E-state index is -0.647. The lowest BCUT2D eigenvalue weighted by Crippen LogP contribution is -1.98. The number of aryl methyl sites for hydroxylation is 1. The first-order valence-electron chi connectivity index (χ1n) is 6.41. The summed E-state index contributed by atoms with van der Waals surface area (Å²) in [5.74, 6) is -1.26. The topological polar surface area (TPSA) is 50.9 Å². The molecule has 3 aromatic rings. The van der Waals surface area contributed by atoms with Crippen molar-refractivity contribution in [3.8, 4) is 0 Å². The number of hydrogen-bond donors (Lipinski definition) is 2. The zero-order valence-electron chi connectivity index (χ0n) is 11.3. The van der Waals surface area contributed by atoms with Crippen LogP contribution < -0.4 is 11.1 Å². The molecule has 0 aliphatic heterocycles. The van der Waals surface area contributed by atoms with Crippen molar-refractivity contribution in [3.05, 3.63) is 59.9 Å².